The summed E-state index contributed by atoms with van der Waals surface area (Å²) in [6, 6.07) is 14.9. The Kier molecular flexibility index (Phi) is 4.28. The van der Waals surface area contributed by atoms with Crippen molar-refractivity contribution in [2.45, 2.75) is 9.79 Å². The van der Waals surface area contributed by atoms with Crippen molar-refractivity contribution in [3.8, 4) is 11.3 Å². The zero-order chi connectivity index (χ0) is 16.4. The van der Waals surface area contributed by atoms with Crippen LogP contribution in [0.25, 0.3) is 11.3 Å². The molecule has 116 valence electrons. The van der Waals surface area contributed by atoms with Gasteiger partial charge in [-0.1, -0.05) is 22.0 Å². The number of halogens is 2. The molecule has 0 atom stereocenters. The maximum Gasteiger partial charge on any atom is 0.206 e. The van der Waals surface area contributed by atoms with Crippen molar-refractivity contribution in [2.75, 3.05) is 0 Å². The number of hydrogen-bond acceptors (Lipinski definition) is 3. The van der Waals surface area contributed by atoms with Crippen LogP contribution in [0.1, 0.15) is 0 Å². The van der Waals surface area contributed by atoms with Gasteiger partial charge in [0.2, 0.25) is 9.84 Å². The van der Waals surface area contributed by atoms with E-state index in [1.165, 1.54) is 18.2 Å². The van der Waals surface area contributed by atoms with Crippen LogP contribution >= 0.6 is 15.9 Å². The van der Waals surface area contributed by atoms with Gasteiger partial charge in [-0.3, -0.25) is 4.98 Å². The molecule has 0 aliphatic carbocycles. The summed E-state index contributed by atoms with van der Waals surface area (Å²) in [5, 5.41) is 0. The summed E-state index contributed by atoms with van der Waals surface area (Å²) in [5.74, 6) is -0.478. The highest BCUT2D eigenvalue weighted by atomic mass is 79.9. The van der Waals surface area contributed by atoms with Crippen molar-refractivity contribution in [3.05, 3.63) is 77.2 Å². The highest BCUT2D eigenvalue weighted by Gasteiger charge is 2.19. The molecule has 0 fully saturated rings. The fourth-order valence-electron chi connectivity index (χ4n) is 2.14. The standard InChI is InChI=1S/C17H11BrFNO2S/c18-16-9-8-14(11-15(16)17-3-1-2-10-20-17)23(21,22)13-6-4-12(19)5-7-13/h1-11H. The Morgan fingerprint density at radius 3 is 2.26 bits per heavy atom. The number of aromatic nitrogens is 1. The van der Waals surface area contributed by atoms with Crippen LogP contribution in [0, 0.1) is 5.82 Å². The fraction of sp³-hybridized carbons (Fsp3) is 0. The van der Waals surface area contributed by atoms with Gasteiger partial charge in [-0.05, 0) is 54.6 Å². The van der Waals surface area contributed by atoms with Crippen molar-refractivity contribution >= 4 is 25.8 Å². The SMILES string of the molecule is O=S(=O)(c1ccc(F)cc1)c1ccc(Br)c(-c2ccccn2)c1. The van der Waals surface area contributed by atoms with E-state index in [4.69, 9.17) is 0 Å². The van der Waals surface area contributed by atoms with Gasteiger partial charge >= 0.3 is 0 Å². The lowest BCUT2D eigenvalue weighted by Gasteiger charge is -2.09. The quantitative estimate of drug-likeness (QED) is 0.618. The number of pyridine rings is 1. The molecule has 6 heteroatoms. The molecule has 0 N–H and O–H groups in total. The summed E-state index contributed by atoms with van der Waals surface area (Å²) in [6.45, 7) is 0. The number of benzene rings is 2. The van der Waals surface area contributed by atoms with E-state index < -0.39 is 15.7 Å². The Balaban J connectivity index is 2.12. The minimum atomic E-state index is -3.72. The third-order valence-corrected chi connectivity index (χ3v) is 5.77. The van der Waals surface area contributed by atoms with Gasteiger partial charge in [-0.25, -0.2) is 12.8 Å². The van der Waals surface area contributed by atoms with Gasteiger partial charge < -0.3 is 0 Å². The van der Waals surface area contributed by atoms with Crippen LogP contribution in [0.2, 0.25) is 0 Å². The van der Waals surface area contributed by atoms with Crippen LogP contribution in [0.4, 0.5) is 4.39 Å². The maximum atomic E-state index is 13.0. The normalized spacial score (nSPS) is 11.4. The van der Waals surface area contributed by atoms with E-state index in [0.717, 1.165) is 16.6 Å². The fourth-order valence-corrected chi connectivity index (χ4v) is 3.88. The molecular weight excluding hydrogens is 381 g/mol. The van der Waals surface area contributed by atoms with Gasteiger partial charge in [0.1, 0.15) is 5.82 Å². The summed E-state index contributed by atoms with van der Waals surface area (Å²) < 4.78 is 39.1. The highest BCUT2D eigenvalue weighted by molar-refractivity contribution is 9.10. The first-order valence-corrected chi connectivity index (χ1v) is 8.98. The largest absolute Gasteiger partial charge is 0.256 e. The topological polar surface area (TPSA) is 47.0 Å². The molecule has 0 saturated carbocycles. The molecule has 3 rings (SSSR count). The summed E-state index contributed by atoms with van der Waals surface area (Å²) in [7, 11) is -3.72. The van der Waals surface area contributed by atoms with E-state index in [-0.39, 0.29) is 9.79 Å². The Morgan fingerprint density at radius 2 is 1.61 bits per heavy atom. The molecule has 0 saturated heterocycles. The molecule has 0 aliphatic heterocycles. The van der Waals surface area contributed by atoms with E-state index in [1.807, 2.05) is 6.07 Å². The maximum absolute atomic E-state index is 13.0. The summed E-state index contributed by atoms with van der Waals surface area (Å²) in [6.07, 6.45) is 1.64. The second kappa shape index (κ2) is 6.22. The van der Waals surface area contributed by atoms with Crippen molar-refractivity contribution in [2.24, 2.45) is 0 Å². The van der Waals surface area contributed by atoms with Crippen LogP contribution in [-0.2, 0) is 9.84 Å². The molecule has 0 unspecified atom stereocenters. The van der Waals surface area contributed by atoms with Crippen LogP contribution in [0.3, 0.4) is 0 Å². The molecule has 23 heavy (non-hydrogen) atoms. The molecule has 1 heterocycles. The molecule has 3 nitrogen and oxygen atoms in total. The summed E-state index contributed by atoms with van der Waals surface area (Å²) in [4.78, 5) is 4.42. The van der Waals surface area contributed by atoms with Gasteiger partial charge in [0.05, 0.1) is 15.5 Å². The zero-order valence-corrected chi connectivity index (χ0v) is 14.2. The first-order valence-electron chi connectivity index (χ1n) is 6.70. The minimum absolute atomic E-state index is 0.0493. The molecule has 0 amide bonds. The van der Waals surface area contributed by atoms with Crippen molar-refractivity contribution in [3.63, 3.8) is 0 Å². The van der Waals surface area contributed by atoms with E-state index >= 15 is 0 Å². The first-order chi connectivity index (χ1) is 11.0. The Morgan fingerprint density at radius 1 is 0.913 bits per heavy atom. The summed E-state index contributed by atoms with van der Waals surface area (Å²) >= 11 is 3.42. The molecule has 3 aromatic rings. The average molecular weight is 392 g/mol. The van der Waals surface area contributed by atoms with Crippen LogP contribution < -0.4 is 0 Å². The monoisotopic (exact) mass is 391 g/mol. The molecule has 0 aliphatic rings. The second-order valence-corrected chi connectivity index (χ2v) is 7.62. The van der Waals surface area contributed by atoms with Crippen molar-refractivity contribution in [1.29, 1.82) is 0 Å². The smallest absolute Gasteiger partial charge is 0.206 e. The van der Waals surface area contributed by atoms with E-state index in [0.29, 0.717) is 11.3 Å². The number of nitrogens with zero attached hydrogens (tertiary/aromatic N) is 1. The first kappa shape index (κ1) is 15.8. The van der Waals surface area contributed by atoms with Gasteiger partial charge in [0.25, 0.3) is 0 Å². The lowest BCUT2D eigenvalue weighted by Crippen LogP contribution is -2.02. The van der Waals surface area contributed by atoms with Crippen LogP contribution in [0.15, 0.2) is 81.1 Å². The third-order valence-electron chi connectivity index (χ3n) is 3.31. The molecule has 0 radical (unpaired) electrons. The predicted molar refractivity (Wildman–Crippen MR) is 89.2 cm³/mol. The highest BCUT2D eigenvalue weighted by Crippen LogP contribution is 2.31. The predicted octanol–water partition coefficient (Wildman–Crippen LogP) is 4.48. The average Bonchev–Trinajstić information content (AvgIpc) is 2.56. The third kappa shape index (κ3) is 3.18. The van der Waals surface area contributed by atoms with Crippen molar-refractivity contribution < 1.29 is 12.8 Å². The van der Waals surface area contributed by atoms with Crippen LogP contribution in [0.5, 0.6) is 0 Å². The minimum Gasteiger partial charge on any atom is -0.256 e. The zero-order valence-electron chi connectivity index (χ0n) is 11.8. The van der Waals surface area contributed by atoms with Crippen LogP contribution in [-0.4, -0.2) is 13.4 Å². The molecule has 1 aromatic heterocycles. The Bertz CT molecular complexity index is 942. The van der Waals surface area contributed by atoms with E-state index in [2.05, 4.69) is 20.9 Å². The Hall–Kier alpha value is -2.05. The van der Waals surface area contributed by atoms with E-state index in [9.17, 15) is 12.8 Å². The van der Waals surface area contributed by atoms with Crippen molar-refractivity contribution in [1.82, 2.24) is 4.98 Å². The Labute approximate surface area is 141 Å². The molecule has 0 spiro atoms. The second-order valence-electron chi connectivity index (χ2n) is 4.81. The lowest BCUT2D eigenvalue weighted by atomic mass is 10.1. The van der Waals surface area contributed by atoms with Gasteiger partial charge in [0.15, 0.2) is 0 Å². The van der Waals surface area contributed by atoms with E-state index in [1.54, 1.807) is 30.5 Å². The van der Waals surface area contributed by atoms with Gasteiger partial charge in [0, 0.05) is 16.2 Å². The number of sulfone groups is 1. The molecule has 0 bridgehead atoms. The number of hydrogen-bond donors (Lipinski definition) is 0. The lowest BCUT2D eigenvalue weighted by molar-refractivity contribution is 0.595. The molecular formula is C17H11BrFNO2S. The molecule has 2 aromatic carbocycles. The van der Waals surface area contributed by atoms with Gasteiger partial charge in [-0.15, -0.1) is 0 Å². The summed E-state index contributed by atoms with van der Waals surface area (Å²) in [5.41, 5.74) is 1.34. The van der Waals surface area contributed by atoms with Gasteiger partial charge in [-0.2, -0.15) is 0 Å². The number of rotatable bonds is 3.